The fourth-order valence-corrected chi connectivity index (χ4v) is 2.74. The number of hydrogen-bond donors (Lipinski definition) is 1. The van der Waals surface area contributed by atoms with Crippen molar-refractivity contribution in [3.63, 3.8) is 0 Å². The second-order valence-corrected chi connectivity index (χ2v) is 5.07. The fourth-order valence-electron chi connectivity index (χ4n) is 2.74. The lowest BCUT2D eigenvalue weighted by molar-refractivity contribution is 0.197. The van der Waals surface area contributed by atoms with Crippen molar-refractivity contribution < 1.29 is 0 Å². The molecule has 1 aliphatic rings. The number of likely N-dealkylation sites (tertiary alicyclic amines) is 1. The number of aryl methyl sites for hydroxylation is 2. The van der Waals surface area contributed by atoms with E-state index in [1.807, 2.05) is 11.7 Å². The SMILES string of the molecule is Cc1nn(C)cc1[C@H]1[C@H](N)CCN1C(C)C. The van der Waals surface area contributed by atoms with Gasteiger partial charge in [0.05, 0.1) is 11.7 Å². The third-order valence-electron chi connectivity index (χ3n) is 3.52. The first-order valence-electron chi connectivity index (χ1n) is 6.02. The second kappa shape index (κ2) is 4.18. The molecule has 90 valence electrons. The summed E-state index contributed by atoms with van der Waals surface area (Å²) in [6.45, 7) is 7.63. The Hall–Kier alpha value is -0.870. The maximum Gasteiger partial charge on any atom is 0.0642 e. The van der Waals surface area contributed by atoms with E-state index in [2.05, 4.69) is 37.0 Å². The summed E-state index contributed by atoms with van der Waals surface area (Å²) < 4.78 is 1.88. The second-order valence-electron chi connectivity index (χ2n) is 5.07. The summed E-state index contributed by atoms with van der Waals surface area (Å²) in [7, 11) is 1.97. The van der Waals surface area contributed by atoms with Crippen molar-refractivity contribution in [2.75, 3.05) is 6.54 Å². The Labute approximate surface area is 97.4 Å². The molecule has 0 saturated carbocycles. The summed E-state index contributed by atoms with van der Waals surface area (Å²) in [6.07, 6.45) is 3.19. The van der Waals surface area contributed by atoms with Gasteiger partial charge in [0.2, 0.25) is 0 Å². The van der Waals surface area contributed by atoms with Crippen LogP contribution in [-0.2, 0) is 7.05 Å². The van der Waals surface area contributed by atoms with E-state index in [-0.39, 0.29) is 6.04 Å². The molecule has 4 heteroatoms. The number of nitrogens with zero attached hydrogens (tertiary/aromatic N) is 3. The van der Waals surface area contributed by atoms with Crippen LogP contribution >= 0.6 is 0 Å². The molecule has 2 rings (SSSR count). The average Bonchev–Trinajstić information content (AvgIpc) is 2.69. The molecule has 0 aliphatic carbocycles. The molecular weight excluding hydrogens is 200 g/mol. The molecule has 16 heavy (non-hydrogen) atoms. The maximum absolute atomic E-state index is 6.24. The Morgan fingerprint density at radius 2 is 2.19 bits per heavy atom. The van der Waals surface area contributed by atoms with Crippen molar-refractivity contribution in [3.05, 3.63) is 17.5 Å². The highest BCUT2D eigenvalue weighted by atomic mass is 15.3. The smallest absolute Gasteiger partial charge is 0.0642 e. The Balaban J connectivity index is 2.33. The first-order chi connectivity index (χ1) is 7.50. The zero-order valence-electron chi connectivity index (χ0n) is 10.6. The Morgan fingerprint density at radius 3 is 2.69 bits per heavy atom. The molecule has 0 unspecified atom stereocenters. The van der Waals surface area contributed by atoms with Gasteiger partial charge in [-0.3, -0.25) is 9.58 Å². The molecule has 1 saturated heterocycles. The van der Waals surface area contributed by atoms with E-state index in [4.69, 9.17) is 5.73 Å². The summed E-state index contributed by atoms with van der Waals surface area (Å²) in [5.74, 6) is 0. The lowest BCUT2D eigenvalue weighted by Crippen LogP contribution is -2.36. The molecule has 2 heterocycles. The lowest BCUT2D eigenvalue weighted by atomic mass is 10.0. The summed E-state index contributed by atoms with van der Waals surface area (Å²) in [4.78, 5) is 2.48. The Bertz CT molecular complexity index is 369. The van der Waals surface area contributed by atoms with Crippen molar-refractivity contribution in [1.82, 2.24) is 14.7 Å². The molecule has 1 aromatic rings. The van der Waals surface area contributed by atoms with Gasteiger partial charge in [-0.25, -0.2) is 0 Å². The summed E-state index contributed by atoms with van der Waals surface area (Å²) in [5, 5.41) is 4.42. The highest BCUT2D eigenvalue weighted by Crippen LogP contribution is 2.33. The largest absolute Gasteiger partial charge is 0.326 e. The van der Waals surface area contributed by atoms with Gasteiger partial charge < -0.3 is 5.73 Å². The van der Waals surface area contributed by atoms with Crippen LogP contribution in [0.25, 0.3) is 0 Å². The van der Waals surface area contributed by atoms with Crippen LogP contribution in [0.5, 0.6) is 0 Å². The van der Waals surface area contributed by atoms with Gasteiger partial charge >= 0.3 is 0 Å². The van der Waals surface area contributed by atoms with Gasteiger partial charge in [-0.05, 0) is 27.2 Å². The van der Waals surface area contributed by atoms with Crippen LogP contribution in [0.2, 0.25) is 0 Å². The molecule has 0 radical (unpaired) electrons. The monoisotopic (exact) mass is 222 g/mol. The van der Waals surface area contributed by atoms with Crippen LogP contribution in [-0.4, -0.2) is 33.3 Å². The van der Waals surface area contributed by atoms with Crippen molar-refractivity contribution in [3.8, 4) is 0 Å². The van der Waals surface area contributed by atoms with Crippen LogP contribution in [0.15, 0.2) is 6.20 Å². The molecule has 2 N–H and O–H groups in total. The van der Waals surface area contributed by atoms with Crippen molar-refractivity contribution in [2.24, 2.45) is 12.8 Å². The van der Waals surface area contributed by atoms with Gasteiger partial charge in [0, 0.05) is 37.4 Å². The molecule has 1 aromatic heterocycles. The Kier molecular flexibility index (Phi) is 3.04. The molecular formula is C12H22N4. The lowest BCUT2D eigenvalue weighted by Gasteiger charge is -2.29. The van der Waals surface area contributed by atoms with Crippen LogP contribution < -0.4 is 5.73 Å². The van der Waals surface area contributed by atoms with Gasteiger partial charge in [0.15, 0.2) is 0 Å². The predicted octanol–water partition coefficient (Wildman–Crippen LogP) is 1.21. The molecule has 1 fully saturated rings. The van der Waals surface area contributed by atoms with Crippen LogP contribution in [0.1, 0.15) is 37.6 Å². The molecule has 0 bridgehead atoms. The van der Waals surface area contributed by atoms with Crippen LogP contribution in [0, 0.1) is 6.92 Å². The van der Waals surface area contributed by atoms with E-state index < -0.39 is 0 Å². The van der Waals surface area contributed by atoms with Gasteiger partial charge in [0.25, 0.3) is 0 Å². The zero-order chi connectivity index (χ0) is 11.9. The summed E-state index contributed by atoms with van der Waals surface area (Å²) in [6, 6.07) is 1.12. The highest BCUT2D eigenvalue weighted by Gasteiger charge is 2.35. The van der Waals surface area contributed by atoms with E-state index in [1.54, 1.807) is 0 Å². The molecule has 1 aliphatic heterocycles. The summed E-state index contributed by atoms with van der Waals surface area (Å²) >= 11 is 0. The van der Waals surface area contributed by atoms with Crippen LogP contribution in [0.4, 0.5) is 0 Å². The first kappa shape index (κ1) is 11.6. The number of aromatic nitrogens is 2. The predicted molar refractivity (Wildman–Crippen MR) is 65.1 cm³/mol. The van der Waals surface area contributed by atoms with E-state index in [1.165, 1.54) is 5.56 Å². The minimum absolute atomic E-state index is 0.241. The minimum Gasteiger partial charge on any atom is -0.326 e. The maximum atomic E-state index is 6.24. The normalized spacial score (nSPS) is 26.9. The number of rotatable bonds is 2. The minimum atomic E-state index is 0.241. The molecule has 0 amide bonds. The van der Waals surface area contributed by atoms with Gasteiger partial charge in [-0.1, -0.05) is 0 Å². The molecule has 0 aromatic carbocycles. The Morgan fingerprint density at radius 1 is 1.50 bits per heavy atom. The number of nitrogens with two attached hydrogens (primary N) is 1. The van der Waals surface area contributed by atoms with E-state index in [0.29, 0.717) is 12.1 Å². The first-order valence-corrected chi connectivity index (χ1v) is 6.02. The molecule has 4 nitrogen and oxygen atoms in total. The van der Waals surface area contributed by atoms with Crippen molar-refractivity contribution in [1.29, 1.82) is 0 Å². The fraction of sp³-hybridized carbons (Fsp3) is 0.750. The van der Waals surface area contributed by atoms with E-state index in [0.717, 1.165) is 18.7 Å². The molecule has 0 spiro atoms. The molecule has 2 atom stereocenters. The van der Waals surface area contributed by atoms with Gasteiger partial charge in [-0.2, -0.15) is 5.10 Å². The summed E-state index contributed by atoms with van der Waals surface area (Å²) in [5.41, 5.74) is 8.64. The average molecular weight is 222 g/mol. The topological polar surface area (TPSA) is 47.1 Å². The van der Waals surface area contributed by atoms with E-state index >= 15 is 0 Å². The standard InChI is InChI=1S/C12H22N4/c1-8(2)16-6-5-11(13)12(16)10-7-15(4)14-9(10)3/h7-8,11-12H,5-6,13H2,1-4H3/t11-,12+/m1/s1. The highest BCUT2D eigenvalue weighted by molar-refractivity contribution is 5.23. The van der Waals surface area contributed by atoms with Crippen molar-refractivity contribution in [2.45, 2.75) is 45.3 Å². The van der Waals surface area contributed by atoms with Crippen LogP contribution in [0.3, 0.4) is 0 Å². The zero-order valence-corrected chi connectivity index (χ0v) is 10.6. The van der Waals surface area contributed by atoms with Gasteiger partial charge in [0.1, 0.15) is 0 Å². The quantitative estimate of drug-likeness (QED) is 0.818. The third-order valence-corrected chi connectivity index (χ3v) is 3.52. The number of hydrogen-bond acceptors (Lipinski definition) is 3. The van der Waals surface area contributed by atoms with Gasteiger partial charge in [-0.15, -0.1) is 0 Å². The van der Waals surface area contributed by atoms with Crippen molar-refractivity contribution >= 4 is 0 Å². The van der Waals surface area contributed by atoms with E-state index in [9.17, 15) is 0 Å². The third kappa shape index (κ3) is 1.87.